The van der Waals surface area contributed by atoms with Crippen molar-refractivity contribution in [2.24, 2.45) is 0 Å². The highest BCUT2D eigenvalue weighted by molar-refractivity contribution is 6.30. The summed E-state index contributed by atoms with van der Waals surface area (Å²) in [6.07, 6.45) is 2.69. The molecule has 1 aliphatic carbocycles. The van der Waals surface area contributed by atoms with E-state index < -0.39 is 0 Å². The first-order chi connectivity index (χ1) is 12.1. The van der Waals surface area contributed by atoms with Crippen LogP contribution in [0.5, 0.6) is 5.75 Å². The zero-order valence-corrected chi connectivity index (χ0v) is 14.8. The number of carbonyl (C=O) groups excluding carboxylic acids is 1. The van der Waals surface area contributed by atoms with E-state index in [0.717, 1.165) is 30.6 Å². The molecule has 0 N–H and O–H groups in total. The predicted octanol–water partition coefficient (Wildman–Crippen LogP) is 4.33. The number of aryl methyl sites for hydroxylation is 1. The van der Waals surface area contributed by atoms with Crippen LogP contribution in [0, 0.1) is 11.3 Å². The molecule has 0 saturated heterocycles. The number of anilines is 1. The number of hydrogen-bond donors (Lipinski definition) is 0. The van der Waals surface area contributed by atoms with Gasteiger partial charge in [0.25, 0.3) is 0 Å². The van der Waals surface area contributed by atoms with E-state index in [0.29, 0.717) is 10.7 Å². The standard InChI is InChI=1S/C20H19ClN2O2/c1-25-17-10-5-14-3-2-4-18(19(14)13-17)20(24)23(12-11-22)16-8-6-15(21)7-9-16/h5-10,13,18H,2-4,12H2,1H3. The summed E-state index contributed by atoms with van der Waals surface area (Å²) in [5.74, 6) is 0.428. The highest BCUT2D eigenvalue weighted by atomic mass is 35.5. The average molecular weight is 355 g/mol. The van der Waals surface area contributed by atoms with E-state index in [1.807, 2.05) is 18.2 Å². The molecule has 0 aliphatic heterocycles. The second-order valence-electron chi connectivity index (χ2n) is 6.07. The second-order valence-corrected chi connectivity index (χ2v) is 6.50. The molecular weight excluding hydrogens is 336 g/mol. The predicted molar refractivity (Wildman–Crippen MR) is 98.1 cm³/mol. The van der Waals surface area contributed by atoms with Crippen molar-refractivity contribution in [1.82, 2.24) is 0 Å². The molecule has 0 spiro atoms. The fraction of sp³-hybridized carbons (Fsp3) is 0.300. The van der Waals surface area contributed by atoms with Crippen molar-refractivity contribution in [2.45, 2.75) is 25.2 Å². The Balaban J connectivity index is 1.96. The monoisotopic (exact) mass is 354 g/mol. The Morgan fingerprint density at radius 2 is 2.08 bits per heavy atom. The first-order valence-corrected chi connectivity index (χ1v) is 8.62. The SMILES string of the molecule is COc1ccc2c(c1)C(C(=O)N(CC#N)c1ccc(Cl)cc1)CCC2. The molecule has 0 heterocycles. The molecule has 2 aromatic rings. The van der Waals surface area contributed by atoms with Crippen LogP contribution in [-0.2, 0) is 11.2 Å². The van der Waals surface area contributed by atoms with E-state index >= 15 is 0 Å². The second kappa shape index (κ2) is 7.58. The zero-order valence-electron chi connectivity index (χ0n) is 14.0. The number of benzene rings is 2. The van der Waals surface area contributed by atoms with Gasteiger partial charge in [-0.25, -0.2) is 0 Å². The molecule has 5 heteroatoms. The third-order valence-corrected chi connectivity index (χ3v) is 4.85. The van der Waals surface area contributed by atoms with Gasteiger partial charge in [-0.05, 0) is 66.8 Å². The Bertz CT molecular complexity index is 811. The van der Waals surface area contributed by atoms with E-state index in [9.17, 15) is 10.1 Å². The van der Waals surface area contributed by atoms with Crippen LogP contribution in [0.15, 0.2) is 42.5 Å². The maximum Gasteiger partial charge on any atom is 0.235 e. The van der Waals surface area contributed by atoms with Crippen LogP contribution in [0.1, 0.15) is 29.9 Å². The number of amides is 1. The van der Waals surface area contributed by atoms with Gasteiger partial charge in [0.1, 0.15) is 12.3 Å². The topological polar surface area (TPSA) is 53.3 Å². The number of nitriles is 1. The number of hydrogen-bond acceptors (Lipinski definition) is 3. The first kappa shape index (κ1) is 17.3. The van der Waals surface area contributed by atoms with Crippen molar-refractivity contribution in [3.05, 3.63) is 58.6 Å². The van der Waals surface area contributed by atoms with E-state index in [4.69, 9.17) is 16.3 Å². The number of halogens is 1. The molecule has 25 heavy (non-hydrogen) atoms. The summed E-state index contributed by atoms with van der Waals surface area (Å²) in [5.41, 5.74) is 2.87. The molecule has 2 aromatic carbocycles. The van der Waals surface area contributed by atoms with Gasteiger partial charge in [-0.1, -0.05) is 17.7 Å². The molecule has 0 aromatic heterocycles. The summed E-state index contributed by atoms with van der Waals surface area (Å²) in [7, 11) is 1.62. The average Bonchev–Trinajstić information content (AvgIpc) is 2.65. The molecule has 1 aliphatic rings. The Morgan fingerprint density at radius 1 is 1.32 bits per heavy atom. The van der Waals surface area contributed by atoms with Crippen molar-refractivity contribution in [3.63, 3.8) is 0 Å². The largest absolute Gasteiger partial charge is 0.497 e. The molecule has 1 unspecified atom stereocenters. The normalized spacial score (nSPS) is 15.8. The molecule has 0 bridgehead atoms. The summed E-state index contributed by atoms with van der Waals surface area (Å²) in [4.78, 5) is 14.8. The lowest BCUT2D eigenvalue weighted by Crippen LogP contribution is -2.36. The van der Waals surface area contributed by atoms with Gasteiger partial charge in [-0.15, -0.1) is 0 Å². The van der Waals surface area contributed by atoms with Crippen LogP contribution in [0.2, 0.25) is 5.02 Å². The molecule has 0 saturated carbocycles. The molecule has 4 nitrogen and oxygen atoms in total. The van der Waals surface area contributed by atoms with Gasteiger partial charge in [-0.2, -0.15) is 5.26 Å². The maximum absolute atomic E-state index is 13.2. The van der Waals surface area contributed by atoms with Gasteiger partial charge in [0.05, 0.1) is 19.1 Å². The smallest absolute Gasteiger partial charge is 0.235 e. The summed E-state index contributed by atoms with van der Waals surface area (Å²) in [5, 5.41) is 9.79. The Labute approximate surface area is 152 Å². The number of carbonyl (C=O) groups is 1. The Morgan fingerprint density at radius 3 is 2.76 bits per heavy atom. The third kappa shape index (κ3) is 3.62. The van der Waals surface area contributed by atoms with E-state index in [1.54, 1.807) is 31.4 Å². The summed E-state index contributed by atoms with van der Waals surface area (Å²) < 4.78 is 5.32. The van der Waals surface area contributed by atoms with Crippen LogP contribution in [0.25, 0.3) is 0 Å². The first-order valence-electron chi connectivity index (χ1n) is 8.24. The lowest BCUT2D eigenvalue weighted by molar-refractivity contribution is -0.120. The number of nitrogens with zero attached hydrogens (tertiary/aromatic N) is 2. The quantitative estimate of drug-likeness (QED) is 0.768. The minimum absolute atomic E-state index is 0.0102. The molecule has 3 rings (SSSR count). The minimum atomic E-state index is -0.261. The Kier molecular flexibility index (Phi) is 5.25. The van der Waals surface area contributed by atoms with Gasteiger partial charge < -0.3 is 4.74 Å². The fourth-order valence-corrected chi connectivity index (χ4v) is 3.46. The summed E-state index contributed by atoms with van der Waals surface area (Å²) in [6, 6.07) is 15.0. The van der Waals surface area contributed by atoms with E-state index in [1.165, 1.54) is 10.5 Å². The van der Waals surface area contributed by atoms with Gasteiger partial charge >= 0.3 is 0 Å². The van der Waals surface area contributed by atoms with Crippen LogP contribution in [0.4, 0.5) is 5.69 Å². The lowest BCUT2D eigenvalue weighted by atomic mass is 9.81. The van der Waals surface area contributed by atoms with E-state index in [2.05, 4.69) is 6.07 Å². The molecule has 0 radical (unpaired) electrons. The van der Waals surface area contributed by atoms with Crippen LogP contribution >= 0.6 is 11.6 Å². The third-order valence-electron chi connectivity index (χ3n) is 4.60. The lowest BCUT2D eigenvalue weighted by Gasteiger charge is -2.30. The minimum Gasteiger partial charge on any atom is -0.497 e. The maximum atomic E-state index is 13.2. The van der Waals surface area contributed by atoms with Crippen molar-refractivity contribution in [2.75, 3.05) is 18.6 Å². The van der Waals surface area contributed by atoms with Gasteiger partial charge in [0, 0.05) is 10.7 Å². The zero-order chi connectivity index (χ0) is 17.8. The Hall–Kier alpha value is -2.51. The molecule has 1 amide bonds. The van der Waals surface area contributed by atoms with Gasteiger partial charge in [0.2, 0.25) is 5.91 Å². The number of methoxy groups -OCH3 is 1. The summed E-state index contributed by atoms with van der Waals surface area (Å²) >= 11 is 5.94. The highest BCUT2D eigenvalue weighted by Crippen LogP contribution is 2.36. The van der Waals surface area contributed by atoms with Gasteiger partial charge in [0.15, 0.2) is 0 Å². The molecule has 1 atom stereocenters. The molecule has 128 valence electrons. The number of rotatable bonds is 4. The number of ether oxygens (including phenoxy) is 1. The van der Waals surface area contributed by atoms with Crippen LogP contribution < -0.4 is 9.64 Å². The van der Waals surface area contributed by atoms with Crippen LogP contribution in [-0.4, -0.2) is 19.6 Å². The van der Waals surface area contributed by atoms with Crippen molar-refractivity contribution < 1.29 is 9.53 Å². The van der Waals surface area contributed by atoms with E-state index in [-0.39, 0.29) is 18.4 Å². The summed E-state index contributed by atoms with van der Waals surface area (Å²) in [6.45, 7) is 0.0102. The highest BCUT2D eigenvalue weighted by Gasteiger charge is 2.31. The van der Waals surface area contributed by atoms with Crippen molar-refractivity contribution in [1.29, 1.82) is 5.26 Å². The molecular formula is C20H19ClN2O2. The van der Waals surface area contributed by atoms with Crippen molar-refractivity contribution >= 4 is 23.2 Å². The van der Waals surface area contributed by atoms with Crippen molar-refractivity contribution in [3.8, 4) is 11.8 Å². The van der Waals surface area contributed by atoms with Gasteiger partial charge in [-0.3, -0.25) is 9.69 Å². The fourth-order valence-electron chi connectivity index (χ4n) is 3.34. The van der Waals surface area contributed by atoms with Crippen LogP contribution in [0.3, 0.4) is 0 Å². The number of fused-ring (bicyclic) bond motifs is 1. The molecule has 0 fully saturated rings.